The summed E-state index contributed by atoms with van der Waals surface area (Å²) in [6, 6.07) is 6.71. The number of methoxy groups -OCH3 is 1. The average Bonchev–Trinajstić information content (AvgIpc) is 2.95. The molecule has 8 heteroatoms. The van der Waals surface area contributed by atoms with Crippen LogP contribution in [0.1, 0.15) is 28.7 Å². The molecule has 2 N–H and O–H groups in total. The van der Waals surface area contributed by atoms with E-state index in [-0.39, 0.29) is 11.8 Å². The van der Waals surface area contributed by atoms with E-state index in [9.17, 15) is 9.59 Å². The molecule has 22 heavy (non-hydrogen) atoms. The zero-order valence-corrected chi connectivity index (χ0v) is 13.1. The fraction of sp³-hybridized carbons (Fsp3) is 0.286. The van der Waals surface area contributed by atoms with Crippen molar-refractivity contribution in [2.24, 2.45) is 0 Å². The molecule has 1 aromatic heterocycles. The molecule has 0 aliphatic rings. The number of amides is 2. The van der Waals surface area contributed by atoms with Gasteiger partial charge in [0.1, 0.15) is 11.6 Å². The molecule has 0 saturated heterocycles. The van der Waals surface area contributed by atoms with Crippen molar-refractivity contribution in [2.75, 3.05) is 17.7 Å². The molecule has 1 heterocycles. The zero-order chi connectivity index (χ0) is 15.9. The summed E-state index contributed by atoms with van der Waals surface area (Å²) in [6.45, 7) is 2.12. The van der Waals surface area contributed by atoms with Gasteiger partial charge in [-0.2, -0.15) is 0 Å². The van der Waals surface area contributed by atoms with E-state index in [1.54, 1.807) is 38.3 Å². The van der Waals surface area contributed by atoms with Crippen LogP contribution in [-0.2, 0) is 16.1 Å². The monoisotopic (exact) mass is 320 g/mol. The van der Waals surface area contributed by atoms with Crippen molar-refractivity contribution in [3.8, 4) is 0 Å². The molecule has 0 radical (unpaired) electrons. The smallest absolute Gasteiger partial charge is 0.257 e. The third-order valence-corrected chi connectivity index (χ3v) is 3.50. The molecule has 0 spiro atoms. The maximum Gasteiger partial charge on any atom is 0.257 e. The van der Waals surface area contributed by atoms with Gasteiger partial charge in [-0.05, 0) is 18.2 Å². The van der Waals surface area contributed by atoms with Crippen molar-refractivity contribution in [3.05, 3.63) is 34.8 Å². The van der Waals surface area contributed by atoms with Gasteiger partial charge in [-0.15, -0.1) is 10.2 Å². The number of benzene rings is 1. The standard InChI is InChI=1S/C14H16N4O3S/c1-3-11(19)15-10-6-4-5-9(7-10)13(20)16-14-18-17-12(22-14)8-21-2/h4-7H,3,8H2,1-2H3,(H,15,19)(H,16,18,20). The Morgan fingerprint density at radius 1 is 1.27 bits per heavy atom. The number of anilines is 2. The third kappa shape index (κ3) is 4.34. The van der Waals surface area contributed by atoms with Gasteiger partial charge in [0.2, 0.25) is 11.0 Å². The van der Waals surface area contributed by atoms with Crippen LogP contribution in [0.15, 0.2) is 24.3 Å². The number of aromatic nitrogens is 2. The summed E-state index contributed by atoms with van der Waals surface area (Å²) in [5.41, 5.74) is 1.01. The molecular weight excluding hydrogens is 304 g/mol. The molecule has 0 fully saturated rings. The van der Waals surface area contributed by atoms with Crippen LogP contribution in [0.2, 0.25) is 0 Å². The maximum absolute atomic E-state index is 12.2. The lowest BCUT2D eigenvalue weighted by atomic mass is 10.2. The van der Waals surface area contributed by atoms with Gasteiger partial charge in [-0.3, -0.25) is 14.9 Å². The van der Waals surface area contributed by atoms with E-state index in [1.807, 2.05) is 0 Å². The summed E-state index contributed by atoms with van der Waals surface area (Å²) < 4.78 is 4.95. The highest BCUT2D eigenvalue weighted by Gasteiger charge is 2.11. The molecular formula is C14H16N4O3S. The van der Waals surface area contributed by atoms with E-state index >= 15 is 0 Å². The molecule has 0 aliphatic carbocycles. The van der Waals surface area contributed by atoms with E-state index in [0.29, 0.717) is 34.4 Å². The number of carbonyl (C=O) groups is 2. The summed E-state index contributed by atoms with van der Waals surface area (Å²) >= 11 is 1.25. The molecule has 0 bridgehead atoms. The average molecular weight is 320 g/mol. The molecule has 0 aliphatic heterocycles. The summed E-state index contributed by atoms with van der Waals surface area (Å²) in [7, 11) is 1.57. The quantitative estimate of drug-likeness (QED) is 0.852. The largest absolute Gasteiger partial charge is 0.377 e. The van der Waals surface area contributed by atoms with Gasteiger partial charge < -0.3 is 10.1 Å². The number of nitrogens with one attached hydrogen (secondary N) is 2. The Balaban J connectivity index is 2.05. The second-order valence-electron chi connectivity index (χ2n) is 4.37. The molecule has 1 aromatic carbocycles. The lowest BCUT2D eigenvalue weighted by molar-refractivity contribution is -0.115. The number of hydrogen-bond acceptors (Lipinski definition) is 6. The van der Waals surface area contributed by atoms with Gasteiger partial charge in [0.05, 0.1) is 0 Å². The van der Waals surface area contributed by atoms with Crippen molar-refractivity contribution in [1.29, 1.82) is 0 Å². The molecule has 0 unspecified atom stereocenters. The van der Waals surface area contributed by atoms with E-state index in [1.165, 1.54) is 11.3 Å². The number of nitrogens with zero attached hydrogens (tertiary/aromatic N) is 2. The summed E-state index contributed by atoms with van der Waals surface area (Å²) in [5, 5.41) is 14.2. The molecule has 2 rings (SSSR count). The Morgan fingerprint density at radius 2 is 2.09 bits per heavy atom. The van der Waals surface area contributed by atoms with E-state index < -0.39 is 0 Å². The van der Waals surface area contributed by atoms with Crippen LogP contribution in [0.5, 0.6) is 0 Å². The van der Waals surface area contributed by atoms with Crippen molar-refractivity contribution in [2.45, 2.75) is 20.0 Å². The van der Waals surface area contributed by atoms with Crippen LogP contribution in [-0.4, -0.2) is 29.1 Å². The van der Waals surface area contributed by atoms with E-state index in [0.717, 1.165) is 0 Å². The first kappa shape index (κ1) is 16.1. The minimum absolute atomic E-state index is 0.106. The van der Waals surface area contributed by atoms with Crippen molar-refractivity contribution < 1.29 is 14.3 Å². The van der Waals surface area contributed by atoms with Gasteiger partial charge in [-0.25, -0.2) is 0 Å². The van der Waals surface area contributed by atoms with Crippen molar-refractivity contribution in [3.63, 3.8) is 0 Å². The Kier molecular flexibility index (Phi) is 5.56. The Labute approximate surface area is 131 Å². The Hall–Kier alpha value is -2.32. The summed E-state index contributed by atoms with van der Waals surface area (Å²) in [4.78, 5) is 23.6. The fourth-order valence-electron chi connectivity index (χ4n) is 1.64. The number of ether oxygens (including phenoxy) is 1. The minimum Gasteiger partial charge on any atom is -0.377 e. The van der Waals surface area contributed by atoms with Crippen molar-refractivity contribution in [1.82, 2.24) is 10.2 Å². The van der Waals surface area contributed by atoms with Gasteiger partial charge >= 0.3 is 0 Å². The highest BCUT2D eigenvalue weighted by molar-refractivity contribution is 7.15. The molecule has 0 atom stereocenters. The van der Waals surface area contributed by atoms with Gasteiger partial charge in [0.25, 0.3) is 5.91 Å². The lowest BCUT2D eigenvalue weighted by Gasteiger charge is -2.06. The molecule has 116 valence electrons. The maximum atomic E-state index is 12.2. The molecule has 0 saturated carbocycles. The van der Waals surface area contributed by atoms with Crippen LogP contribution in [0.3, 0.4) is 0 Å². The van der Waals surface area contributed by atoms with Crippen LogP contribution in [0, 0.1) is 0 Å². The SMILES string of the molecule is CCC(=O)Nc1cccc(C(=O)Nc2nnc(COC)s2)c1. The van der Waals surface area contributed by atoms with Crippen LogP contribution >= 0.6 is 11.3 Å². The van der Waals surface area contributed by atoms with Crippen LogP contribution < -0.4 is 10.6 Å². The van der Waals surface area contributed by atoms with Crippen molar-refractivity contribution >= 4 is 34.0 Å². The van der Waals surface area contributed by atoms with Crippen LogP contribution in [0.25, 0.3) is 0 Å². The topological polar surface area (TPSA) is 93.2 Å². The number of rotatable bonds is 6. The normalized spacial score (nSPS) is 10.3. The number of hydrogen-bond donors (Lipinski definition) is 2. The Morgan fingerprint density at radius 3 is 2.82 bits per heavy atom. The molecule has 7 nitrogen and oxygen atoms in total. The van der Waals surface area contributed by atoms with Gasteiger partial charge in [0, 0.05) is 24.8 Å². The molecule has 2 aromatic rings. The second kappa shape index (κ2) is 7.62. The first-order valence-corrected chi connectivity index (χ1v) is 7.46. The van der Waals surface area contributed by atoms with Gasteiger partial charge in [0.15, 0.2) is 0 Å². The minimum atomic E-state index is -0.312. The molecule has 2 amide bonds. The van der Waals surface area contributed by atoms with E-state index in [2.05, 4.69) is 20.8 Å². The lowest BCUT2D eigenvalue weighted by Crippen LogP contribution is -2.13. The third-order valence-electron chi connectivity index (χ3n) is 2.68. The predicted octanol–water partition coefficient (Wildman–Crippen LogP) is 2.29. The second-order valence-corrected chi connectivity index (χ2v) is 5.43. The zero-order valence-electron chi connectivity index (χ0n) is 12.3. The number of carbonyl (C=O) groups excluding carboxylic acids is 2. The van der Waals surface area contributed by atoms with E-state index in [4.69, 9.17) is 4.74 Å². The summed E-state index contributed by atoms with van der Waals surface area (Å²) in [5.74, 6) is -0.418. The van der Waals surface area contributed by atoms with Gasteiger partial charge in [-0.1, -0.05) is 24.3 Å². The highest BCUT2D eigenvalue weighted by atomic mass is 32.1. The first-order chi connectivity index (χ1) is 10.6. The fourth-order valence-corrected chi connectivity index (χ4v) is 2.35. The van der Waals surface area contributed by atoms with Crippen LogP contribution in [0.4, 0.5) is 10.8 Å². The highest BCUT2D eigenvalue weighted by Crippen LogP contribution is 2.18. The summed E-state index contributed by atoms with van der Waals surface area (Å²) in [6.07, 6.45) is 0.378. The predicted molar refractivity (Wildman–Crippen MR) is 83.9 cm³/mol. The first-order valence-electron chi connectivity index (χ1n) is 6.65. The Bertz CT molecular complexity index is 672.